The molecule has 3 heteroatoms. The van der Waals surface area contributed by atoms with Gasteiger partial charge in [-0.05, 0) is 48.1 Å². The van der Waals surface area contributed by atoms with E-state index in [4.69, 9.17) is 9.84 Å². The third-order valence-corrected chi connectivity index (χ3v) is 3.35. The average molecular weight is 246 g/mol. The molecule has 96 valence electrons. The van der Waals surface area contributed by atoms with Gasteiger partial charge in [0.1, 0.15) is 5.75 Å². The second-order valence-electron chi connectivity index (χ2n) is 4.66. The van der Waals surface area contributed by atoms with Gasteiger partial charge in [-0.25, -0.2) is 0 Å². The fourth-order valence-corrected chi connectivity index (χ4v) is 2.24. The van der Waals surface area contributed by atoms with Crippen LogP contribution >= 0.6 is 0 Å². The fourth-order valence-electron chi connectivity index (χ4n) is 2.24. The van der Waals surface area contributed by atoms with Crippen molar-refractivity contribution in [2.24, 2.45) is 5.92 Å². The first-order chi connectivity index (χ1) is 8.72. The van der Waals surface area contributed by atoms with Crippen molar-refractivity contribution < 1.29 is 14.6 Å². The van der Waals surface area contributed by atoms with E-state index in [1.54, 1.807) is 7.11 Å². The Morgan fingerprint density at radius 2 is 2.33 bits per heavy atom. The summed E-state index contributed by atoms with van der Waals surface area (Å²) in [5.74, 6) is 1.09. The van der Waals surface area contributed by atoms with Gasteiger partial charge in [0.2, 0.25) is 0 Å². The van der Waals surface area contributed by atoms with Crippen LogP contribution in [0.4, 0.5) is 0 Å². The van der Waals surface area contributed by atoms with Crippen LogP contribution in [0, 0.1) is 5.92 Å². The zero-order valence-electron chi connectivity index (χ0n) is 10.6. The van der Waals surface area contributed by atoms with E-state index in [-0.39, 0.29) is 18.3 Å². The van der Waals surface area contributed by atoms with E-state index >= 15 is 0 Å². The zero-order valence-corrected chi connectivity index (χ0v) is 10.6. The standard InChI is InChI=1S/C15H18O3/c1-18-14-4-2-3-11(8-14)7-13-6-5-12(10-16)9-15(13)17/h2-4,7-8,12,16H,5-6,9-10H2,1H3. The monoisotopic (exact) mass is 246 g/mol. The molecule has 0 amide bonds. The van der Waals surface area contributed by atoms with Gasteiger partial charge in [-0.15, -0.1) is 0 Å². The molecule has 1 fully saturated rings. The van der Waals surface area contributed by atoms with Crippen molar-refractivity contribution in [2.45, 2.75) is 19.3 Å². The van der Waals surface area contributed by atoms with Gasteiger partial charge in [-0.1, -0.05) is 12.1 Å². The van der Waals surface area contributed by atoms with Crippen LogP contribution in [0.15, 0.2) is 29.8 Å². The van der Waals surface area contributed by atoms with Gasteiger partial charge >= 0.3 is 0 Å². The van der Waals surface area contributed by atoms with E-state index in [1.807, 2.05) is 30.3 Å². The van der Waals surface area contributed by atoms with E-state index in [2.05, 4.69) is 0 Å². The van der Waals surface area contributed by atoms with Gasteiger partial charge in [0.15, 0.2) is 5.78 Å². The Kier molecular flexibility index (Phi) is 4.15. The number of carbonyl (C=O) groups is 1. The van der Waals surface area contributed by atoms with Crippen molar-refractivity contribution in [1.82, 2.24) is 0 Å². The molecular formula is C15H18O3. The predicted molar refractivity (Wildman–Crippen MR) is 70.4 cm³/mol. The highest BCUT2D eigenvalue weighted by Crippen LogP contribution is 2.27. The number of carbonyl (C=O) groups excluding carboxylic acids is 1. The van der Waals surface area contributed by atoms with E-state index in [1.165, 1.54) is 0 Å². The molecule has 0 bridgehead atoms. The Morgan fingerprint density at radius 3 is 3.00 bits per heavy atom. The first-order valence-corrected chi connectivity index (χ1v) is 6.21. The van der Waals surface area contributed by atoms with Gasteiger partial charge in [-0.2, -0.15) is 0 Å². The Bertz CT molecular complexity index is 463. The molecule has 3 nitrogen and oxygen atoms in total. The minimum atomic E-state index is 0.109. The second-order valence-corrected chi connectivity index (χ2v) is 4.66. The molecule has 0 spiro atoms. The highest BCUT2D eigenvalue weighted by atomic mass is 16.5. The summed E-state index contributed by atoms with van der Waals surface area (Å²) in [6.45, 7) is 0.109. The maximum absolute atomic E-state index is 11.9. The third kappa shape index (κ3) is 2.99. The average Bonchev–Trinajstić information content (AvgIpc) is 2.41. The van der Waals surface area contributed by atoms with Gasteiger partial charge in [-0.3, -0.25) is 4.79 Å². The fraction of sp³-hybridized carbons (Fsp3) is 0.400. The van der Waals surface area contributed by atoms with Crippen molar-refractivity contribution in [3.05, 3.63) is 35.4 Å². The van der Waals surface area contributed by atoms with Crippen molar-refractivity contribution >= 4 is 11.9 Å². The molecule has 1 N–H and O–H groups in total. The Labute approximate surface area is 107 Å². The van der Waals surface area contributed by atoms with E-state index in [0.717, 1.165) is 29.7 Å². The molecule has 0 radical (unpaired) electrons. The summed E-state index contributed by atoms with van der Waals surface area (Å²) in [7, 11) is 1.63. The molecule has 1 aromatic rings. The highest BCUT2D eigenvalue weighted by molar-refractivity contribution is 6.00. The number of aliphatic hydroxyl groups excluding tert-OH is 1. The molecule has 2 rings (SSSR count). The van der Waals surface area contributed by atoms with Crippen LogP contribution in [-0.4, -0.2) is 24.6 Å². The largest absolute Gasteiger partial charge is 0.497 e. The summed E-state index contributed by atoms with van der Waals surface area (Å²) in [4.78, 5) is 11.9. The SMILES string of the molecule is COc1cccc(C=C2CCC(CO)CC2=O)c1. The van der Waals surface area contributed by atoms with Gasteiger partial charge in [0.05, 0.1) is 7.11 Å². The highest BCUT2D eigenvalue weighted by Gasteiger charge is 2.22. The first-order valence-electron chi connectivity index (χ1n) is 6.21. The number of allylic oxidation sites excluding steroid dienone is 1. The first kappa shape index (κ1) is 12.8. The summed E-state index contributed by atoms with van der Waals surface area (Å²) in [6, 6.07) is 7.67. The maximum Gasteiger partial charge on any atom is 0.159 e. The molecule has 1 unspecified atom stereocenters. The number of methoxy groups -OCH3 is 1. The lowest BCUT2D eigenvalue weighted by atomic mass is 9.84. The van der Waals surface area contributed by atoms with Gasteiger partial charge in [0.25, 0.3) is 0 Å². The van der Waals surface area contributed by atoms with Crippen molar-refractivity contribution in [3.63, 3.8) is 0 Å². The third-order valence-electron chi connectivity index (χ3n) is 3.35. The molecule has 1 atom stereocenters. The summed E-state index contributed by atoms with van der Waals surface area (Å²) in [6.07, 6.45) is 4.03. The van der Waals surface area contributed by atoms with Crippen LogP contribution in [0.2, 0.25) is 0 Å². The minimum Gasteiger partial charge on any atom is -0.497 e. The summed E-state index contributed by atoms with van der Waals surface area (Å²) >= 11 is 0. The molecule has 0 heterocycles. The van der Waals surface area contributed by atoms with Crippen LogP contribution in [0.5, 0.6) is 5.75 Å². The van der Waals surface area contributed by atoms with Crippen LogP contribution in [0.25, 0.3) is 6.08 Å². The second kappa shape index (κ2) is 5.83. The number of rotatable bonds is 3. The van der Waals surface area contributed by atoms with Crippen LogP contribution in [-0.2, 0) is 4.79 Å². The lowest BCUT2D eigenvalue weighted by molar-refractivity contribution is -0.117. The molecule has 1 aliphatic carbocycles. The number of ether oxygens (including phenoxy) is 1. The number of hydrogen-bond acceptors (Lipinski definition) is 3. The van der Waals surface area contributed by atoms with E-state index < -0.39 is 0 Å². The Balaban J connectivity index is 2.15. The van der Waals surface area contributed by atoms with Crippen LogP contribution < -0.4 is 4.74 Å². The van der Waals surface area contributed by atoms with E-state index in [0.29, 0.717) is 6.42 Å². The zero-order chi connectivity index (χ0) is 13.0. The summed E-state index contributed by atoms with van der Waals surface area (Å²) in [5.41, 5.74) is 1.84. The summed E-state index contributed by atoms with van der Waals surface area (Å²) < 4.78 is 5.16. The van der Waals surface area contributed by atoms with Crippen molar-refractivity contribution in [3.8, 4) is 5.75 Å². The maximum atomic E-state index is 11.9. The minimum absolute atomic E-state index is 0.109. The normalized spacial score (nSPS) is 22.2. The Morgan fingerprint density at radius 1 is 1.50 bits per heavy atom. The number of hydrogen-bond donors (Lipinski definition) is 1. The van der Waals surface area contributed by atoms with Gasteiger partial charge in [0, 0.05) is 13.0 Å². The lowest BCUT2D eigenvalue weighted by Gasteiger charge is -2.20. The number of Topliss-reactive ketones (excluding diaryl/α,β-unsaturated/α-hetero) is 1. The number of benzene rings is 1. The van der Waals surface area contributed by atoms with Crippen LogP contribution in [0.3, 0.4) is 0 Å². The Hall–Kier alpha value is -1.61. The molecular weight excluding hydrogens is 228 g/mol. The molecule has 1 aliphatic rings. The smallest absolute Gasteiger partial charge is 0.159 e. The predicted octanol–water partition coefficient (Wildman–Crippen LogP) is 2.44. The molecule has 1 saturated carbocycles. The molecule has 1 aromatic carbocycles. The van der Waals surface area contributed by atoms with E-state index in [9.17, 15) is 4.79 Å². The summed E-state index contributed by atoms with van der Waals surface area (Å²) in [5, 5.41) is 9.06. The molecule has 0 aliphatic heterocycles. The molecule has 18 heavy (non-hydrogen) atoms. The lowest BCUT2D eigenvalue weighted by Crippen LogP contribution is -2.20. The number of ketones is 1. The van der Waals surface area contributed by atoms with Crippen molar-refractivity contribution in [2.75, 3.05) is 13.7 Å². The van der Waals surface area contributed by atoms with Gasteiger partial charge < -0.3 is 9.84 Å². The number of aliphatic hydroxyl groups is 1. The topological polar surface area (TPSA) is 46.5 Å². The molecule has 0 saturated heterocycles. The van der Waals surface area contributed by atoms with Crippen molar-refractivity contribution in [1.29, 1.82) is 0 Å². The molecule has 0 aromatic heterocycles. The van der Waals surface area contributed by atoms with Crippen LogP contribution in [0.1, 0.15) is 24.8 Å². The quantitative estimate of drug-likeness (QED) is 0.833.